The molecule has 2 heterocycles. The Morgan fingerprint density at radius 2 is 1.96 bits per heavy atom. The molecule has 24 heavy (non-hydrogen) atoms. The largest absolute Gasteiger partial charge is 0.339 e. The van der Waals surface area contributed by atoms with Crippen LogP contribution in [0.5, 0.6) is 0 Å². The molecule has 0 radical (unpaired) electrons. The maximum absolute atomic E-state index is 13.0. The van der Waals surface area contributed by atoms with Crippen LogP contribution in [-0.4, -0.2) is 41.6 Å². The first-order valence-corrected chi connectivity index (χ1v) is 8.79. The third-order valence-electron chi connectivity index (χ3n) is 4.90. The number of carbonyl (C=O) groups excluding carboxylic acids is 1. The molecule has 1 aromatic carbocycles. The summed E-state index contributed by atoms with van der Waals surface area (Å²) in [6, 6.07) is 10.0. The number of nitrogens with one attached hydrogen (secondary N) is 1. The molecule has 0 bridgehead atoms. The van der Waals surface area contributed by atoms with Crippen LogP contribution in [0, 0.1) is 13.8 Å². The lowest BCUT2D eigenvalue weighted by Crippen LogP contribution is -2.44. The minimum atomic E-state index is 0.100. The van der Waals surface area contributed by atoms with Crippen molar-refractivity contribution >= 4 is 17.5 Å². The number of benzene rings is 1. The highest BCUT2D eigenvalue weighted by Gasteiger charge is 2.25. The number of hydrogen-bond donors (Lipinski definition) is 1. The van der Waals surface area contributed by atoms with Crippen molar-refractivity contribution in [3.8, 4) is 5.69 Å². The molecule has 1 aliphatic rings. The van der Waals surface area contributed by atoms with Crippen molar-refractivity contribution in [1.82, 2.24) is 14.8 Å². The van der Waals surface area contributed by atoms with Gasteiger partial charge in [0, 0.05) is 35.2 Å². The Balaban J connectivity index is 1.92. The molecule has 0 unspecified atom stereocenters. The molecule has 128 valence electrons. The van der Waals surface area contributed by atoms with E-state index in [2.05, 4.69) is 9.88 Å². The van der Waals surface area contributed by atoms with Crippen LogP contribution >= 0.6 is 11.6 Å². The highest BCUT2D eigenvalue weighted by Crippen LogP contribution is 2.25. The highest BCUT2D eigenvalue weighted by molar-refractivity contribution is 6.30. The van der Waals surface area contributed by atoms with Gasteiger partial charge in [-0.25, -0.2) is 0 Å². The summed E-state index contributed by atoms with van der Waals surface area (Å²) in [5.74, 6) is 0.100. The Morgan fingerprint density at radius 3 is 2.62 bits per heavy atom. The van der Waals surface area contributed by atoms with Crippen molar-refractivity contribution in [2.24, 2.45) is 0 Å². The molecule has 4 nitrogen and oxygen atoms in total. The molecule has 0 spiro atoms. The smallest absolute Gasteiger partial charge is 0.255 e. The number of carbonyl (C=O) groups is 1. The predicted octanol–water partition coefficient (Wildman–Crippen LogP) is 3.57. The van der Waals surface area contributed by atoms with Crippen LogP contribution in [-0.2, 0) is 0 Å². The van der Waals surface area contributed by atoms with Gasteiger partial charge >= 0.3 is 0 Å². The number of aromatic nitrogens is 1. The molecule has 5 heteroatoms. The minimum absolute atomic E-state index is 0.100. The molecule has 1 aromatic heterocycles. The number of aryl methyl sites for hydroxylation is 1. The lowest BCUT2D eigenvalue weighted by molar-refractivity contribution is 0.0702. The van der Waals surface area contributed by atoms with E-state index in [1.54, 1.807) is 0 Å². The second kappa shape index (κ2) is 6.99. The summed E-state index contributed by atoms with van der Waals surface area (Å²) in [7, 11) is 1.92. The summed E-state index contributed by atoms with van der Waals surface area (Å²) in [6.07, 6.45) is 2.02. The van der Waals surface area contributed by atoms with Gasteiger partial charge in [0.15, 0.2) is 0 Å². The first-order chi connectivity index (χ1) is 11.5. The van der Waals surface area contributed by atoms with Crippen molar-refractivity contribution in [2.75, 3.05) is 20.1 Å². The summed E-state index contributed by atoms with van der Waals surface area (Å²) in [5.41, 5.74) is 3.76. The predicted molar refractivity (Wildman–Crippen MR) is 98.2 cm³/mol. The third kappa shape index (κ3) is 3.21. The van der Waals surface area contributed by atoms with Gasteiger partial charge in [-0.05, 0) is 64.0 Å². The van der Waals surface area contributed by atoms with Gasteiger partial charge in [-0.2, -0.15) is 0 Å². The monoisotopic (exact) mass is 345 g/mol. The maximum atomic E-state index is 13.0. The number of amides is 1. The number of halogens is 1. The number of rotatable bonds is 3. The van der Waals surface area contributed by atoms with E-state index in [-0.39, 0.29) is 5.91 Å². The lowest BCUT2D eigenvalue weighted by Gasteiger charge is -2.31. The van der Waals surface area contributed by atoms with Crippen molar-refractivity contribution in [2.45, 2.75) is 32.7 Å². The first-order valence-electron chi connectivity index (χ1n) is 8.42. The molecule has 0 saturated carbocycles. The second-order valence-electron chi connectivity index (χ2n) is 6.50. The second-order valence-corrected chi connectivity index (χ2v) is 6.93. The van der Waals surface area contributed by atoms with E-state index in [0.717, 1.165) is 48.6 Å². The summed E-state index contributed by atoms with van der Waals surface area (Å²) < 4.78 is 2.09. The molecular formula is C19H24ClN3O. The SMILES string of the molecule is Cc1cc(C(=O)N(C)C2CCNCC2)c(C)n1-c1cccc(Cl)c1. The van der Waals surface area contributed by atoms with Gasteiger partial charge in [-0.15, -0.1) is 0 Å². The van der Waals surface area contributed by atoms with Gasteiger partial charge in [0.1, 0.15) is 0 Å². The number of hydrogen-bond acceptors (Lipinski definition) is 2. The average Bonchev–Trinajstić information content (AvgIpc) is 2.89. The first kappa shape index (κ1) is 17.1. The van der Waals surface area contributed by atoms with Gasteiger partial charge in [0.05, 0.1) is 5.56 Å². The molecule has 0 atom stereocenters. The number of piperidine rings is 1. The van der Waals surface area contributed by atoms with E-state index < -0.39 is 0 Å². The topological polar surface area (TPSA) is 37.3 Å². The maximum Gasteiger partial charge on any atom is 0.255 e. The van der Waals surface area contributed by atoms with Crippen molar-refractivity contribution in [1.29, 1.82) is 0 Å². The Bertz CT molecular complexity index is 747. The van der Waals surface area contributed by atoms with Crippen LogP contribution in [0.25, 0.3) is 5.69 Å². The fraction of sp³-hybridized carbons (Fsp3) is 0.421. The fourth-order valence-electron chi connectivity index (χ4n) is 3.54. The summed E-state index contributed by atoms with van der Waals surface area (Å²) in [4.78, 5) is 14.9. The summed E-state index contributed by atoms with van der Waals surface area (Å²) in [5, 5.41) is 4.04. The van der Waals surface area contributed by atoms with Gasteiger partial charge < -0.3 is 14.8 Å². The summed E-state index contributed by atoms with van der Waals surface area (Å²) in [6.45, 7) is 5.97. The van der Waals surface area contributed by atoms with Gasteiger partial charge in [-0.3, -0.25) is 4.79 Å². The van der Waals surface area contributed by atoms with Crippen LogP contribution in [0.15, 0.2) is 30.3 Å². The lowest BCUT2D eigenvalue weighted by atomic mass is 10.0. The molecule has 1 aliphatic heterocycles. The third-order valence-corrected chi connectivity index (χ3v) is 5.14. The normalized spacial score (nSPS) is 15.5. The van der Waals surface area contributed by atoms with Crippen LogP contribution < -0.4 is 5.32 Å². The van der Waals surface area contributed by atoms with Crippen molar-refractivity contribution in [3.63, 3.8) is 0 Å². The van der Waals surface area contributed by atoms with E-state index in [1.807, 2.05) is 56.1 Å². The molecule has 0 aliphatic carbocycles. The Morgan fingerprint density at radius 1 is 1.25 bits per heavy atom. The van der Waals surface area contributed by atoms with Crippen LogP contribution in [0.1, 0.15) is 34.6 Å². The Kier molecular flexibility index (Phi) is 4.97. The minimum Gasteiger partial charge on any atom is -0.339 e. The molecular weight excluding hydrogens is 322 g/mol. The van der Waals surface area contributed by atoms with Gasteiger partial charge in [-0.1, -0.05) is 17.7 Å². The zero-order valence-corrected chi connectivity index (χ0v) is 15.2. The summed E-state index contributed by atoms with van der Waals surface area (Å²) >= 11 is 6.13. The Labute approximate surface area is 148 Å². The van der Waals surface area contributed by atoms with E-state index >= 15 is 0 Å². The van der Waals surface area contributed by atoms with Crippen molar-refractivity contribution < 1.29 is 4.79 Å². The van der Waals surface area contributed by atoms with Gasteiger partial charge in [0.2, 0.25) is 0 Å². The quantitative estimate of drug-likeness (QED) is 0.923. The molecule has 1 N–H and O–H groups in total. The van der Waals surface area contributed by atoms with Gasteiger partial charge in [0.25, 0.3) is 5.91 Å². The van der Waals surface area contributed by atoms with E-state index in [4.69, 9.17) is 11.6 Å². The van der Waals surface area contributed by atoms with E-state index in [1.165, 1.54) is 0 Å². The Hall–Kier alpha value is -1.78. The zero-order valence-electron chi connectivity index (χ0n) is 14.5. The average molecular weight is 346 g/mol. The van der Waals surface area contributed by atoms with Crippen molar-refractivity contribution in [3.05, 3.63) is 52.3 Å². The molecule has 1 fully saturated rings. The fourth-order valence-corrected chi connectivity index (χ4v) is 3.73. The molecule has 1 amide bonds. The standard InChI is InChI=1S/C19H24ClN3O/c1-13-11-18(19(24)22(3)16-7-9-21-10-8-16)14(2)23(13)17-6-4-5-15(20)12-17/h4-6,11-12,16,21H,7-10H2,1-3H3. The highest BCUT2D eigenvalue weighted by atomic mass is 35.5. The van der Waals surface area contributed by atoms with E-state index in [0.29, 0.717) is 11.1 Å². The van der Waals surface area contributed by atoms with Crippen LogP contribution in [0.2, 0.25) is 5.02 Å². The zero-order chi connectivity index (χ0) is 17.3. The number of nitrogens with zero attached hydrogens (tertiary/aromatic N) is 2. The molecule has 1 saturated heterocycles. The molecule has 2 aromatic rings. The van der Waals surface area contributed by atoms with E-state index in [9.17, 15) is 4.79 Å². The van der Waals surface area contributed by atoms with Crippen LogP contribution in [0.3, 0.4) is 0 Å². The van der Waals surface area contributed by atoms with Crippen LogP contribution in [0.4, 0.5) is 0 Å². The molecule has 3 rings (SSSR count).